The number of pyridine rings is 1. The molecule has 0 bridgehead atoms. The van der Waals surface area contributed by atoms with Crippen LogP contribution in [0.15, 0.2) is 47.1 Å². The minimum atomic E-state index is -0.707. The summed E-state index contributed by atoms with van der Waals surface area (Å²) in [4.78, 5) is 29.2. The zero-order valence-electron chi connectivity index (χ0n) is 19.6. The van der Waals surface area contributed by atoms with E-state index in [4.69, 9.17) is 27.6 Å². The van der Waals surface area contributed by atoms with Gasteiger partial charge < -0.3 is 16.0 Å². The maximum Gasteiger partial charge on any atom is 0.254 e. The summed E-state index contributed by atoms with van der Waals surface area (Å²) in [5, 5.41) is 11.1. The summed E-state index contributed by atoms with van der Waals surface area (Å²) in [6, 6.07) is 8.63. The summed E-state index contributed by atoms with van der Waals surface area (Å²) in [5.74, 6) is -1.89. The minimum Gasteiger partial charge on any atom is -0.383 e. The van der Waals surface area contributed by atoms with Crippen LogP contribution >= 0.6 is 11.6 Å². The van der Waals surface area contributed by atoms with Gasteiger partial charge in [0.05, 0.1) is 16.6 Å². The third-order valence-corrected chi connectivity index (χ3v) is 5.88. The van der Waals surface area contributed by atoms with Gasteiger partial charge in [-0.25, -0.2) is 9.07 Å². The SMILES string of the molecule is CC(C(=O)Nc1cc(-c2ccc(F)cc2Cl)no1)c1ccc(-c2nn(C(C)C)c(N)c2C(N)=O)nc1. The second kappa shape index (κ2) is 9.78. The first kappa shape index (κ1) is 24.9. The Morgan fingerprint density at radius 1 is 1.14 bits per heavy atom. The first-order valence-corrected chi connectivity index (χ1v) is 11.3. The van der Waals surface area contributed by atoms with E-state index in [1.54, 1.807) is 19.1 Å². The van der Waals surface area contributed by atoms with Crippen LogP contribution in [0, 0.1) is 5.82 Å². The van der Waals surface area contributed by atoms with E-state index in [-0.39, 0.29) is 39.9 Å². The van der Waals surface area contributed by atoms with Gasteiger partial charge in [0.1, 0.15) is 28.6 Å². The van der Waals surface area contributed by atoms with Crippen molar-refractivity contribution in [3.63, 3.8) is 0 Å². The average Bonchev–Trinajstić information content (AvgIpc) is 3.43. The van der Waals surface area contributed by atoms with E-state index in [1.165, 1.54) is 29.1 Å². The molecule has 4 rings (SSSR count). The van der Waals surface area contributed by atoms with Crippen LogP contribution in [0.3, 0.4) is 0 Å². The van der Waals surface area contributed by atoms with Gasteiger partial charge in [-0.15, -0.1) is 0 Å². The number of anilines is 2. The maximum absolute atomic E-state index is 13.3. The number of aromatic nitrogens is 4. The Morgan fingerprint density at radius 2 is 1.89 bits per heavy atom. The van der Waals surface area contributed by atoms with Crippen molar-refractivity contribution in [3.8, 4) is 22.6 Å². The van der Waals surface area contributed by atoms with Crippen LogP contribution in [0.1, 0.15) is 48.7 Å². The molecule has 3 heterocycles. The lowest BCUT2D eigenvalue weighted by atomic mass is 10.0. The number of nitrogens with zero attached hydrogens (tertiary/aromatic N) is 4. The van der Waals surface area contributed by atoms with Crippen LogP contribution in [-0.2, 0) is 4.79 Å². The van der Waals surface area contributed by atoms with Gasteiger partial charge in [0, 0.05) is 23.9 Å². The summed E-state index contributed by atoms with van der Waals surface area (Å²) in [5.41, 5.74) is 13.8. The molecule has 3 aromatic heterocycles. The fourth-order valence-corrected chi connectivity index (χ4v) is 3.87. The van der Waals surface area contributed by atoms with Crippen molar-refractivity contribution in [1.82, 2.24) is 19.9 Å². The summed E-state index contributed by atoms with van der Waals surface area (Å²) in [6.07, 6.45) is 1.51. The number of carbonyl (C=O) groups excluding carboxylic acids is 2. The molecule has 5 N–H and O–H groups in total. The van der Waals surface area contributed by atoms with Crippen LogP contribution in [0.5, 0.6) is 0 Å². The van der Waals surface area contributed by atoms with E-state index >= 15 is 0 Å². The fraction of sp³-hybridized carbons (Fsp3) is 0.208. The third kappa shape index (κ3) is 4.78. The lowest BCUT2D eigenvalue weighted by Crippen LogP contribution is -2.18. The molecule has 0 aliphatic carbocycles. The van der Waals surface area contributed by atoms with Gasteiger partial charge in [-0.3, -0.25) is 19.9 Å². The highest BCUT2D eigenvalue weighted by atomic mass is 35.5. The van der Waals surface area contributed by atoms with Gasteiger partial charge in [0.25, 0.3) is 5.91 Å². The Hall–Kier alpha value is -4.25. The number of nitrogens with one attached hydrogen (secondary N) is 1. The van der Waals surface area contributed by atoms with Crippen LogP contribution < -0.4 is 16.8 Å². The summed E-state index contributed by atoms with van der Waals surface area (Å²) in [6.45, 7) is 5.45. The molecule has 0 spiro atoms. The predicted octanol–water partition coefficient (Wildman–Crippen LogP) is 4.40. The van der Waals surface area contributed by atoms with Gasteiger partial charge in [-0.2, -0.15) is 5.10 Å². The molecule has 0 fully saturated rings. The van der Waals surface area contributed by atoms with Crippen LogP contribution in [-0.4, -0.2) is 31.7 Å². The van der Waals surface area contributed by atoms with Gasteiger partial charge in [-0.05, 0) is 50.6 Å². The van der Waals surface area contributed by atoms with Gasteiger partial charge in [0.15, 0.2) is 0 Å². The standard InChI is InChI=1S/C24H23ClFN7O3/c1-11(2)33-22(27)20(23(28)34)21(31-33)17-7-4-13(10-29-17)12(3)24(35)30-19-9-18(32-36-19)15-6-5-14(26)8-16(15)25/h4-12H,27H2,1-3H3,(H2,28,34)(H,30,35). The highest BCUT2D eigenvalue weighted by Crippen LogP contribution is 2.31. The first-order valence-electron chi connectivity index (χ1n) is 10.9. The van der Waals surface area contributed by atoms with Crippen molar-refractivity contribution >= 4 is 35.1 Å². The maximum atomic E-state index is 13.3. The van der Waals surface area contributed by atoms with Crippen LogP contribution in [0.2, 0.25) is 5.02 Å². The fourth-order valence-electron chi connectivity index (χ4n) is 3.60. The zero-order chi connectivity index (χ0) is 26.1. The van der Waals surface area contributed by atoms with Gasteiger partial charge in [-0.1, -0.05) is 22.8 Å². The molecule has 0 aliphatic heterocycles. The monoisotopic (exact) mass is 511 g/mol. The van der Waals surface area contributed by atoms with Crippen LogP contribution in [0.25, 0.3) is 22.6 Å². The molecular formula is C24H23ClFN7O3. The van der Waals surface area contributed by atoms with E-state index in [1.807, 2.05) is 13.8 Å². The highest BCUT2D eigenvalue weighted by molar-refractivity contribution is 6.33. The number of carbonyl (C=O) groups is 2. The quantitative estimate of drug-likeness (QED) is 0.332. The minimum absolute atomic E-state index is 0.0875. The van der Waals surface area contributed by atoms with E-state index in [0.717, 1.165) is 6.07 Å². The molecule has 10 nitrogen and oxygen atoms in total. The lowest BCUT2D eigenvalue weighted by Gasteiger charge is -2.11. The molecular weight excluding hydrogens is 489 g/mol. The predicted molar refractivity (Wildman–Crippen MR) is 133 cm³/mol. The largest absolute Gasteiger partial charge is 0.383 e. The number of nitrogen functional groups attached to an aromatic ring is 1. The van der Waals surface area contributed by atoms with E-state index in [0.29, 0.717) is 22.5 Å². The van der Waals surface area contributed by atoms with Gasteiger partial charge >= 0.3 is 0 Å². The molecule has 4 aromatic rings. The Balaban J connectivity index is 1.51. The number of nitrogens with two attached hydrogens (primary N) is 2. The lowest BCUT2D eigenvalue weighted by molar-refractivity contribution is -0.117. The molecule has 0 radical (unpaired) electrons. The number of halogens is 2. The molecule has 36 heavy (non-hydrogen) atoms. The third-order valence-electron chi connectivity index (χ3n) is 5.57. The molecule has 186 valence electrons. The number of hydrogen-bond donors (Lipinski definition) is 3. The van der Waals surface area contributed by atoms with E-state index < -0.39 is 17.6 Å². The first-order chi connectivity index (χ1) is 17.1. The number of hydrogen-bond acceptors (Lipinski definition) is 7. The summed E-state index contributed by atoms with van der Waals surface area (Å²) < 4.78 is 20.0. The molecule has 2 amide bonds. The molecule has 12 heteroatoms. The number of benzene rings is 1. The molecule has 1 atom stereocenters. The number of rotatable bonds is 7. The molecule has 0 saturated heterocycles. The van der Waals surface area contributed by atoms with Crippen molar-refractivity contribution in [2.45, 2.75) is 32.7 Å². The zero-order valence-corrected chi connectivity index (χ0v) is 20.4. The smallest absolute Gasteiger partial charge is 0.254 e. The Kier molecular flexibility index (Phi) is 6.75. The highest BCUT2D eigenvalue weighted by Gasteiger charge is 2.24. The van der Waals surface area contributed by atoms with Crippen molar-refractivity contribution in [2.75, 3.05) is 11.1 Å². The summed E-state index contributed by atoms with van der Waals surface area (Å²) in [7, 11) is 0. The molecule has 0 aliphatic rings. The topological polar surface area (TPSA) is 155 Å². The van der Waals surface area contributed by atoms with Crippen molar-refractivity contribution in [1.29, 1.82) is 0 Å². The Labute approximate surface area is 210 Å². The Bertz CT molecular complexity index is 1450. The summed E-state index contributed by atoms with van der Waals surface area (Å²) >= 11 is 6.06. The van der Waals surface area contributed by atoms with Crippen LogP contribution in [0.4, 0.5) is 16.1 Å². The molecule has 0 saturated carbocycles. The van der Waals surface area contributed by atoms with Crippen molar-refractivity contribution < 1.29 is 18.5 Å². The normalized spacial score (nSPS) is 12.1. The Morgan fingerprint density at radius 3 is 2.50 bits per heavy atom. The second-order valence-corrected chi connectivity index (χ2v) is 8.81. The molecule has 1 unspecified atom stereocenters. The van der Waals surface area contributed by atoms with E-state index in [9.17, 15) is 14.0 Å². The van der Waals surface area contributed by atoms with Crippen molar-refractivity contribution in [2.24, 2.45) is 5.73 Å². The average molecular weight is 512 g/mol. The number of primary amides is 1. The number of amides is 2. The van der Waals surface area contributed by atoms with E-state index in [2.05, 4.69) is 20.6 Å². The molecule has 1 aromatic carbocycles. The second-order valence-electron chi connectivity index (χ2n) is 8.40. The van der Waals surface area contributed by atoms with Gasteiger partial charge in [0.2, 0.25) is 11.8 Å². The van der Waals surface area contributed by atoms with Crippen molar-refractivity contribution in [3.05, 3.63) is 64.6 Å².